The van der Waals surface area contributed by atoms with Crippen LogP contribution in [0.2, 0.25) is 10.0 Å². The van der Waals surface area contributed by atoms with Crippen LogP contribution in [0.4, 0.5) is 10.5 Å². The number of piperazine rings is 1. The Morgan fingerprint density at radius 1 is 1.24 bits per heavy atom. The van der Waals surface area contributed by atoms with Gasteiger partial charge in [-0.15, -0.1) is 9.48 Å². The summed E-state index contributed by atoms with van der Waals surface area (Å²) in [6.07, 6.45) is 1.32. The third kappa shape index (κ3) is 5.51. The van der Waals surface area contributed by atoms with Crippen LogP contribution in [-0.4, -0.2) is 85.9 Å². The standard InChI is InChI=1S/C21H31Cl2N5O5S/c1-14(29)19(24-25(4)34(31)32)21(3)15(2)27(16-7-8-17(22)18(23)13-16)11-12-28(21)20(30)33-26-9-5-6-10-26/h7-8,13,15,19,24H,5-6,9-12H2,1-4H3,(H,31,32)/t15?,19?,21-/m1/s1. The molecule has 2 saturated heterocycles. The molecule has 34 heavy (non-hydrogen) atoms. The molecule has 1 amide bonds. The van der Waals surface area contributed by atoms with Crippen molar-refractivity contribution in [1.82, 2.24) is 19.8 Å². The van der Waals surface area contributed by atoms with Gasteiger partial charge in [0, 0.05) is 38.9 Å². The highest BCUT2D eigenvalue weighted by Gasteiger charge is 2.54. The number of anilines is 1. The highest BCUT2D eigenvalue weighted by molar-refractivity contribution is 7.76. The SMILES string of the molecule is CC(=O)C(NN(C)S(=O)O)[C@@]1(C)C(C)N(c2ccc(Cl)c(Cl)c2)CCN1C(=O)ON1CCCC1. The molecular formula is C21H31Cl2N5O5S. The van der Waals surface area contributed by atoms with E-state index in [-0.39, 0.29) is 12.3 Å². The molecule has 13 heteroatoms. The molecular weight excluding hydrogens is 505 g/mol. The van der Waals surface area contributed by atoms with Gasteiger partial charge in [0.1, 0.15) is 6.04 Å². The number of hydrogen-bond acceptors (Lipinski definition) is 7. The van der Waals surface area contributed by atoms with Crippen molar-refractivity contribution >= 4 is 52.0 Å². The highest BCUT2D eigenvalue weighted by atomic mass is 35.5. The molecule has 0 aromatic heterocycles. The molecule has 2 N–H and O–H groups in total. The summed E-state index contributed by atoms with van der Waals surface area (Å²) in [4.78, 5) is 35.5. The minimum Gasteiger partial charge on any atom is -0.365 e. The first-order chi connectivity index (χ1) is 16.0. The zero-order valence-corrected chi connectivity index (χ0v) is 22.0. The molecule has 4 atom stereocenters. The van der Waals surface area contributed by atoms with Crippen LogP contribution < -0.4 is 10.3 Å². The second-order valence-electron chi connectivity index (χ2n) is 8.74. The number of nitrogens with one attached hydrogen (secondary N) is 1. The van der Waals surface area contributed by atoms with Gasteiger partial charge in [-0.25, -0.2) is 14.4 Å². The number of amides is 1. The Bertz CT molecular complexity index is 950. The number of hydrazine groups is 1. The predicted octanol–water partition coefficient (Wildman–Crippen LogP) is 2.94. The molecule has 2 aliphatic heterocycles. The number of rotatable bonds is 7. The maximum atomic E-state index is 13.3. The van der Waals surface area contributed by atoms with E-state index in [2.05, 4.69) is 5.43 Å². The van der Waals surface area contributed by atoms with Crippen molar-refractivity contribution in [2.45, 2.75) is 51.2 Å². The fraction of sp³-hybridized carbons (Fsp3) is 0.619. The van der Waals surface area contributed by atoms with Gasteiger partial charge >= 0.3 is 6.09 Å². The van der Waals surface area contributed by atoms with Crippen LogP contribution in [0.3, 0.4) is 0 Å². The average molecular weight is 536 g/mol. The van der Waals surface area contributed by atoms with E-state index in [0.717, 1.165) is 22.9 Å². The Labute approximate surface area is 212 Å². The smallest absolute Gasteiger partial charge is 0.365 e. The molecule has 0 saturated carbocycles. The molecule has 0 bridgehead atoms. The summed E-state index contributed by atoms with van der Waals surface area (Å²) >= 11 is 9.98. The summed E-state index contributed by atoms with van der Waals surface area (Å²) in [7, 11) is 1.35. The molecule has 190 valence electrons. The lowest BCUT2D eigenvalue weighted by Gasteiger charge is -2.56. The quantitative estimate of drug-likeness (QED) is 0.405. The minimum atomic E-state index is -2.38. The minimum absolute atomic E-state index is 0.255. The van der Waals surface area contributed by atoms with Gasteiger partial charge in [-0.1, -0.05) is 23.2 Å². The van der Waals surface area contributed by atoms with Gasteiger partial charge in [0.05, 0.1) is 21.6 Å². The lowest BCUT2D eigenvalue weighted by molar-refractivity contribution is -0.130. The Kier molecular flexibility index (Phi) is 8.83. The number of carbonyl (C=O) groups is 2. The van der Waals surface area contributed by atoms with Crippen LogP contribution >= 0.6 is 23.2 Å². The lowest BCUT2D eigenvalue weighted by atomic mass is 9.79. The molecule has 10 nitrogen and oxygen atoms in total. The zero-order valence-electron chi connectivity index (χ0n) is 19.7. The molecule has 2 aliphatic rings. The summed E-state index contributed by atoms with van der Waals surface area (Å²) in [5, 5.41) is 2.44. The number of benzene rings is 1. The summed E-state index contributed by atoms with van der Waals surface area (Å²) in [5.41, 5.74) is 2.44. The number of nitrogens with zero attached hydrogens (tertiary/aromatic N) is 4. The van der Waals surface area contributed by atoms with Gasteiger partial charge in [-0.05, 0) is 51.8 Å². The Balaban J connectivity index is 2.01. The Morgan fingerprint density at radius 2 is 1.88 bits per heavy atom. The predicted molar refractivity (Wildman–Crippen MR) is 132 cm³/mol. The zero-order chi connectivity index (χ0) is 25.2. The molecule has 3 unspecified atom stereocenters. The second kappa shape index (κ2) is 11.1. The number of hydroxylamine groups is 2. The number of Topliss-reactive ketones (excluding diaryl/α,β-unsaturated/α-hetero) is 1. The molecule has 1 aromatic rings. The summed E-state index contributed by atoms with van der Waals surface area (Å²) in [6, 6.07) is 3.83. The van der Waals surface area contributed by atoms with E-state index in [1.54, 1.807) is 24.1 Å². The van der Waals surface area contributed by atoms with Crippen LogP contribution in [0.1, 0.15) is 33.6 Å². The van der Waals surface area contributed by atoms with Gasteiger partial charge in [-0.3, -0.25) is 14.2 Å². The summed E-state index contributed by atoms with van der Waals surface area (Å²) in [6.45, 7) is 7.07. The third-order valence-electron chi connectivity index (χ3n) is 6.72. The largest absolute Gasteiger partial charge is 0.429 e. The van der Waals surface area contributed by atoms with Crippen LogP contribution in [0.25, 0.3) is 0 Å². The fourth-order valence-electron chi connectivity index (χ4n) is 4.68. The van der Waals surface area contributed by atoms with E-state index in [0.29, 0.717) is 29.7 Å². The maximum Gasteiger partial charge on any atom is 0.429 e. The van der Waals surface area contributed by atoms with Crippen molar-refractivity contribution in [1.29, 1.82) is 0 Å². The van der Waals surface area contributed by atoms with Crippen LogP contribution in [0.15, 0.2) is 18.2 Å². The van der Waals surface area contributed by atoms with Gasteiger partial charge in [0.15, 0.2) is 5.78 Å². The van der Waals surface area contributed by atoms with Crippen molar-refractivity contribution in [3.05, 3.63) is 28.2 Å². The van der Waals surface area contributed by atoms with Gasteiger partial charge < -0.3 is 9.74 Å². The Hall–Kier alpha value is -1.47. The second-order valence-corrected chi connectivity index (χ2v) is 10.6. The van der Waals surface area contributed by atoms with Gasteiger partial charge in [0.25, 0.3) is 0 Å². The van der Waals surface area contributed by atoms with Crippen molar-refractivity contribution in [3.8, 4) is 0 Å². The van der Waals surface area contributed by atoms with E-state index < -0.39 is 35.0 Å². The molecule has 0 radical (unpaired) electrons. The summed E-state index contributed by atoms with van der Waals surface area (Å²) < 4.78 is 22.1. The number of halogens is 2. The molecule has 2 fully saturated rings. The van der Waals surface area contributed by atoms with Crippen molar-refractivity contribution in [2.24, 2.45) is 0 Å². The molecule has 0 spiro atoms. The highest BCUT2D eigenvalue weighted by Crippen LogP contribution is 2.37. The van der Waals surface area contributed by atoms with E-state index in [9.17, 15) is 18.4 Å². The molecule has 3 rings (SSSR count). The monoisotopic (exact) mass is 535 g/mol. The topological polar surface area (TPSA) is 106 Å². The van der Waals surface area contributed by atoms with Crippen molar-refractivity contribution < 1.29 is 23.2 Å². The number of hydrogen-bond donors (Lipinski definition) is 2. The van der Waals surface area contributed by atoms with E-state index in [1.807, 2.05) is 17.9 Å². The Morgan fingerprint density at radius 3 is 2.44 bits per heavy atom. The first-order valence-corrected chi connectivity index (χ1v) is 12.9. The van der Waals surface area contributed by atoms with E-state index >= 15 is 0 Å². The van der Waals surface area contributed by atoms with Gasteiger partial charge in [-0.2, -0.15) is 0 Å². The molecule has 0 aliphatic carbocycles. The summed E-state index contributed by atoms with van der Waals surface area (Å²) in [5.74, 6) is -0.304. The maximum absolute atomic E-state index is 13.3. The fourth-order valence-corrected chi connectivity index (χ4v) is 5.17. The van der Waals surface area contributed by atoms with Crippen LogP contribution in [0, 0.1) is 0 Å². The van der Waals surface area contributed by atoms with E-state index in [4.69, 9.17) is 28.0 Å². The number of carbonyl (C=O) groups excluding carboxylic acids is 2. The van der Waals surface area contributed by atoms with Crippen molar-refractivity contribution in [2.75, 3.05) is 38.1 Å². The van der Waals surface area contributed by atoms with Gasteiger partial charge in [0.2, 0.25) is 11.3 Å². The normalized spacial score (nSPS) is 25.5. The van der Waals surface area contributed by atoms with Crippen LogP contribution in [0.5, 0.6) is 0 Å². The van der Waals surface area contributed by atoms with Crippen LogP contribution in [-0.2, 0) is 20.9 Å². The first kappa shape index (κ1) is 27.1. The first-order valence-electron chi connectivity index (χ1n) is 11.0. The lowest BCUT2D eigenvalue weighted by Crippen LogP contribution is -2.76. The molecule has 2 heterocycles. The van der Waals surface area contributed by atoms with E-state index in [1.165, 1.54) is 18.9 Å². The molecule has 1 aromatic carbocycles. The number of ketones is 1. The third-order valence-corrected chi connectivity index (χ3v) is 8.04. The average Bonchev–Trinajstić information content (AvgIpc) is 3.28. The van der Waals surface area contributed by atoms with Crippen molar-refractivity contribution in [3.63, 3.8) is 0 Å².